The molecular formula is C18H28Cl2O2Si. The van der Waals surface area contributed by atoms with E-state index in [1.807, 2.05) is 30.3 Å². The maximum Gasteiger partial charge on any atom is 0.305 e. The zero-order valence-electron chi connectivity index (χ0n) is 14.0. The molecule has 1 rings (SSSR count). The Labute approximate surface area is 150 Å². The van der Waals surface area contributed by atoms with E-state index in [0.717, 1.165) is 30.5 Å². The topological polar surface area (TPSA) is 26.3 Å². The number of carbonyl (C=O) groups is 1. The molecule has 23 heavy (non-hydrogen) atoms. The van der Waals surface area contributed by atoms with Crippen LogP contribution in [0.1, 0.15) is 57.8 Å². The first kappa shape index (κ1) is 20.5. The van der Waals surface area contributed by atoms with Crippen LogP contribution in [0.3, 0.4) is 0 Å². The Bertz CT molecular complexity index is 438. The molecule has 0 aliphatic heterocycles. The largest absolute Gasteiger partial charge is 0.469 e. The first-order valence-electron chi connectivity index (χ1n) is 8.56. The van der Waals surface area contributed by atoms with Crippen LogP contribution in [0, 0.1) is 0 Å². The third-order valence-electron chi connectivity index (χ3n) is 4.05. The predicted molar refractivity (Wildman–Crippen MR) is 102 cm³/mol. The van der Waals surface area contributed by atoms with Crippen molar-refractivity contribution in [2.45, 2.75) is 63.8 Å². The average Bonchev–Trinajstić information content (AvgIpc) is 2.57. The number of benzene rings is 1. The molecule has 0 aliphatic carbocycles. The highest BCUT2D eigenvalue weighted by atomic mass is 35.7. The quantitative estimate of drug-likeness (QED) is 0.209. The number of methoxy groups -OCH3 is 1. The lowest BCUT2D eigenvalue weighted by Gasteiger charge is -2.16. The summed E-state index contributed by atoms with van der Waals surface area (Å²) in [4.78, 5) is 11.0. The van der Waals surface area contributed by atoms with Crippen LogP contribution in [0.5, 0.6) is 0 Å². The second-order valence-electron chi connectivity index (χ2n) is 5.98. The standard InChI is InChI=1S/C18H28Cl2O2Si/c1-22-18(21)15-11-6-4-2-3-5-7-12-16-23(19,20)17-13-9-8-10-14-17/h8-10,13-14H,2-7,11-12,15-16H2,1H3. The van der Waals surface area contributed by atoms with E-state index in [1.54, 1.807) is 0 Å². The molecule has 0 aromatic heterocycles. The number of carbonyl (C=O) groups excluding carboxylic acids is 1. The van der Waals surface area contributed by atoms with E-state index in [-0.39, 0.29) is 5.97 Å². The monoisotopic (exact) mass is 374 g/mol. The van der Waals surface area contributed by atoms with Gasteiger partial charge in [-0.3, -0.25) is 4.79 Å². The summed E-state index contributed by atoms with van der Waals surface area (Å²) in [6.07, 6.45) is 9.84. The van der Waals surface area contributed by atoms with E-state index >= 15 is 0 Å². The fraction of sp³-hybridized carbons (Fsp3) is 0.611. The van der Waals surface area contributed by atoms with Gasteiger partial charge in [-0.1, -0.05) is 75.3 Å². The summed E-state index contributed by atoms with van der Waals surface area (Å²) in [6.45, 7) is -2.28. The van der Waals surface area contributed by atoms with Gasteiger partial charge in [-0.2, -0.15) is 0 Å². The molecular weight excluding hydrogens is 347 g/mol. The van der Waals surface area contributed by atoms with Crippen LogP contribution in [-0.2, 0) is 9.53 Å². The molecule has 130 valence electrons. The van der Waals surface area contributed by atoms with Crippen molar-refractivity contribution in [1.82, 2.24) is 0 Å². The van der Waals surface area contributed by atoms with Crippen LogP contribution in [0.2, 0.25) is 6.04 Å². The Kier molecular flexibility index (Phi) is 10.7. The number of halogens is 2. The fourth-order valence-corrected chi connectivity index (χ4v) is 5.83. The Morgan fingerprint density at radius 3 is 2.00 bits per heavy atom. The number of unbranched alkanes of at least 4 members (excludes halogenated alkanes) is 7. The van der Waals surface area contributed by atoms with Crippen molar-refractivity contribution >= 4 is 40.0 Å². The Morgan fingerprint density at radius 2 is 1.43 bits per heavy atom. The van der Waals surface area contributed by atoms with Crippen LogP contribution in [-0.4, -0.2) is 19.8 Å². The minimum atomic E-state index is -2.28. The van der Waals surface area contributed by atoms with Crippen LogP contribution < -0.4 is 5.19 Å². The van der Waals surface area contributed by atoms with E-state index in [0.29, 0.717) is 6.42 Å². The van der Waals surface area contributed by atoms with E-state index in [4.69, 9.17) is 22.2 Å². The van der Waals surface area contributed by atoms with E-state index in [1.165, 1.54) is 39.2 Å². The Balaban J connectivity index is 1.98. The fourth-order valence-electron chi connectivity index (χ4n) is 2.61. The Hall–Kier alpha value is -0.513. The van der Waals surface area contributed by atoms with Gasteiger partial charge >= 0.3 is 5.97 Å². The molecule has 5 heteroatoms. The maximum atomic E-state index is 11.0. The van der Waals surface area contributed by atoms with Gasteiger partial charge in [0.25, 0.3) is 6.69 Å². The third-order valence-corrected chi connectivity index (χ3v) is 8.65. The molecule has 0 bridgehead atoms. The predicted octanol–water partition coefficient (Wildman–Crippen LogP) is 5.50. The van der Waals surface area contributed by atoms with Gasteiger partial charge in [0, 0.05) is 6.42 Å². The summed E-state index contributed by atoms with van der Waals surface area (Å²) in [5.74, 6) is -0.0989. The van der Waals surface area contributed by atoms with Gasteiger partial charge < -0.3 is 4.74 Å². The number of ether oxygens (including phenoxy) is 1. The van der Waals surface area contributed by atoms with Gasteiger partial charge in [0.1, 0.15) is 0 Å². The summed E-state index contributed by atoms with van der Waals surface area (Å²) in [5.41, 5.74) is 0. The van der Waals surface area contributed by atoms with Crippen LogP contribution in [0.4, 0.5) is 0 Å². The zero-order valence-corrected chi connectivity index (χ0v) is 16.5. The molecule has 0 fully saturated rings. The highest BCUT2D eigenvalue weighted by Crippen LogP contribution is 2.24. The number of rotatable bonds is 12. The lowest BCUT2D eigenvalue weighted by molar-refractivity contribution is -0.140. The average molecular weight is 375 g/mol. The van der Waals surface area contributed by atoms with Crippen molar-refractivity contribution in [2.24, 2.45) is 0 Å². The number of hydrogen-bond acceptors (Lipinski definition) is 2. The van der Waals surface area contributed by atoms with E-state index in [2.05, 4.69) is 4.74 Å². The van der Waals surface area contributed by atoms with Crippen molar-refractivity contribution in [3.63, 3.8) is 0 Å². The molecule has 0 unspecified atom stereocenters. The molecule has 0 N–H and O–H groups in total. The zero-order chi connectivity index (χ0) is 17.0. The van der Waals surface area contributed by atoms with Gasteiger partial charge in [-0.05, 0) is 17.7 Å². The van der Waals surface area contributed by atoms with Crippen LogP contribution in [0.15, 0.2) is 30.3 Å². The molecule has 1 aromatic carbocycles. The summed E-state index contributed by atoms with van der Waals surface area (Å²) in [7, 11) is 1.44. The third kappa shape index (κ3) is 9.38. The summed E-state index contributed by atoms with van der Waals surface area (Å²) in [6, 6.07) is 11.0. The van der Waals surface area contributed by atoms with Gasteiger partial charge in [0.2, 0.25) is 0 Å². The first-order chi connectivity index (χ1) is 11.1. The van der Waals surface area contributed by atoms with Crippen LogP contribution in [0.25, 0.3) is 0 Å². The maximum absolute atomic E-state index is 11.0. The van der Waals surface area contributed by atoms with Crippen molar-refractivity contribution < 1.29 is 9.53 Å². The normalized spacial score (nSPS) is 11.4. The molecule has 2 nitrogen and oxygen atoms in total. The minimum Gasteiger partial charge on any atom is -0.469 e. The number of esters is 1. The lowest BCUT2D eigenvalue weighted by Crippen LogP contribution is -2.35. The van der Waals surface area contributed by atoms with Gasteiger partial charge in [0.05, 0.1) is 7.11 Å². The molecule has 1 aromatic rings. The minimum absolute atomic E-state index is 0.0989. The van der Waals surface area contributed by atoms with Crippen molar-refractivity contribution in [3.8, 4) is 0 Å². The highest BCUT2D eigenvalue weighted by Gasteiger charge is 2.29. The lowest BCUT2D eigenvalue weighted by atomic mass is 10.1. The molecule has 0 aliphatic rings. The number of hydrogen-bond donors (Lipinski definition) is 0. The summed E-state index contributed by atoms with van der Waals surface area (Å²) < 4.78 is 4.62. The molecule has 0 radical (unpaired) electrons. The molecule has 0 saturated carbocycles. The smallest absolute Gasteiger partial charge is 0.305 e. The van der Waals surface area contributed by atoms with Crippen molar-refractivity contribution in [1.29, 1.82) is 0 Å². The molecule has 0 amide bonds. The van der Waals surface area contributed by atoms with E-state index in [9.17, 15) is 4.79 Å². The van der Waals surface area contributed by atoms with Crippen molar-refractivity contribution in [2.75, 3.05) is 7.11 Å². The second kappa shape index (κ2) is 11.9. The molecule has 0 heterocycles. The Morgan fingerprint density at radius 1 is 0.913 bits per heavy atom. The molecule has 0 saturated heterocycles. The molecule has 0 spiro atoms. The first-order valence-corrected chi connectivity index (χ1v) is 12.8. The highest BCUT2D eigenvalue weighted by molar-refractivity contribution is 7.50. The summed E-state index contributed by atoms with van der Waals surface area (Å²) in [5, 5.41) is 1.12. The molecule has 0 atom stereocenters. The van der Waals surface area contributed by atoms with Gasteiger partial charge in [0.15, 0.2) is 0 Å². The van der Waals surface area contributed by atoms with E-state index < -0.39 is 6.69 Å². The van der Waals surface area contributed by atoms with Gasteiger partial charge in [-0.25, -0.2) is 0 Å². The second-order valence-corrected chi connectivity index (χ2v) is 12.9. The van der Waals surface area contributed by atoms with Crippen molar-refractivity contribution in [3.05, 3.63) is 30.3 Å². The SMILES string of the molecule is COC(=O)CCCCCCCCCC[Si](Cl)(Cl)c1ccccc1. The van der Waals surface area contributed by atoms with Gasteiger partial charge in [-0.15, -0.1) is 22.2 Å². The summed E-state index contributed by atoms with van der Waals surface area (Å²) >= 11 is 13.1. The van der Waals surface area contributed by atoms with Crippen LogP contribution >= 0.6 is 22.2 Å².